The molecule has 0 saturated carbocycles. The van der Waals surface area contributed by atoms with Gasteiger partial charge in [0.1, 0.15) is 6.67 Å². The molecule has 84 valence electrons. The minimum Gasteiger partial charge on any atom is -0.365 e. The van der Waals surface area contributed by atoms with E-state index in [1.54, 1.807) is 4.90 Å². The van der Waals surface area contributed by atoms with Crippen molar-refractivity contribution in [3.05, 3.63) is 23.5 Å². The van der Waals surface area contributed by atoms with Gasteiger partial charge in [-0.1, -0.05) is 0 Å². The van der Waals surface area contributed by atoms with Crippen LogP contribution in [-0.2, 0) is 17.8 Å². The van der Waals surface area contributed by atoms with Gasteiger partial charge in [0.15, 0.2) is 0 Å². The van der Waals surface area contributed by atoms with E-state index in [1.807, 2.05) is 12.3 Å². The Kier molecular flexibility index (Phi) is 3.03. The number of hydrogen-bond acceptors (Lipinski definition) is 3. The van der Waals surface area contributed by atoms with Gasteiger partial charge in [0.05, 0.1) is 0 Å². The lowest BCUT2D eigenvalue weighted by atomic mass is 10.1. The molecule has 6 heteroatoms. The minimum atomic E-state index is -0.203. The van der Waals surface area contributed by atoms with E-state index in [9.17, 15) is 9.59 Å². The predicted octanol–water partition coefficient (Wildman–Crippen LogP) is 0.376. The largest absolute Gasteiger partial charge is 0.365 e. The summed E-state index contributed by atoms with van der Waals surface area (Å²) in [5.41, 5.74) is 2.33. The van der Waals surface area contributed by atoms with E-state index in [0.717, 1.165) is 12.0 Å². The van der Waals surface area contributed by atoms with Crippen LogP contribution in [0.1, 0.15) is 11.3 Å². The molecule has 1 aliphatic heterocycles. The van der Waals surface area contributed by atoms with Crippen LogP contribution in [0.4, 0.5) is 4.79 Å². The lowest BCUT2D eigenvalue weighted by Crippen LogP contribution is -2.42. The summed E-state index contributed by atoms with van der Waals surface area (Å²) in [5, 5.41) is 2.52. The van der Waals surface area contributed by atoms with Crippen LogP contribution >= 0.6 is 0 Å². The lowest BCUT2D eigenvalue weighted by molar-refractivity contribution is 0.192. The minimum absolute atomic E-state index is 0.0151. The summed E-state index contributed by atoms with van der Waals surface area (Å²) in [5.74, 6) is 0. The summed E-state index contributed by atoms with van der Waals surface area (Å²) < 4.78 is 0. The molecule has 0 radical (unpaired) electrons. The summed E-state index contributed by atoms with van der Waals surface area (Å²) in [7, 11) is 0. The van der Waals surface area contributed by atoms with Gasteiger partial charge < -0.3 is 15.2 Å². The highest BCUT2D eigenvalue weighted by molar-refractivity contribution is 5.74. The number of aliphatic imine (C=N–C) groups is 1. The molecule has 1 aromatic heterocycles. The third kappa shape index (κ3) is 2.12. The van der Waals surface area contributed by atoms with Crippen molar-refractivity contribution in [1.29, 1.82) is 0 Å². The summed E-state index contributed by atoms with van der Waals surface area (Å²) >= 11 is 0. The van der Waals surface area contributed by atoms with Crippen molar-refractivity contribution in [2.45, 2.75) is 13.0 Å². The fourth-order valence-electron chi connectivity index (χ4n) is 1.77. The van der Waals surface area contributed by atoms with Gasteiger partial charge in [-0.15, -0.1) is 0 Å². The van der Waals surface area contributed by atoms with Gasteiger partial charge in [0, 0.05) is 31.4 Å². The van der Waals surface area contributed by atoms with Gasteiger partial charge in [0.25, 0.3) is 0 Å². The van der Waals surface area contributed by atoms with Crippen LogP contribution in [0.15, 0.2) is 17.3 Å². The maximum absolute atomic E-state index is 11.6. The first kappa shape index (κ1) is 10.4. The van der Waals surface area contributed by atoms with Crippen LogP contribution in [0.5, 0.6) is 0 Å². The molecule has 2 rings (SSSR count). The molecule has 0 atom stereocenters. The lowest BCUT2D eigenvalue weighted by Gasteiger charge is -2.26. The Morgan fingerprint density at radius 3 is 3.38 bits per heavy atom. The zero-order chi connectivity index (χ0) is 11.4. The number of aromatic amines is 1. The van der Waals surface area contributed by atoms with Crippen LogP contribution < -0.4 is 5.32 Å². The first-order valence-electron chi connectivity index (χ1n) is 5.03. The molecule has 0 fully saturated rings. The molecular weight excluding hydrogens is 208 g/mol. The molecule has 6 nitrogen and oxygen atoms in total. The van der Waals surface area contributed by atoms with Gasteiger partial charge in [0.2, 0.25) is 6.08 Å². The second-order valence-electron chi connectivity index (χ2n) is 3.54. The number of fused-ring (bicyclic) bond motifs is 1. The number of hydrogen-bond donors (Lipinski definition) is 2. The Hall–Kier alpha value is -2.07. The second kappa shape index (κ2) is 4.63. The molecular formula is C10H12N4O2. The van der Waals surface area contributed by atoms with Gasteiger partial charge >= 0.3 is 6.03 Å². The molecule has 0 unspecified atom stereocenters. The second-order valence-corrected chi connectivity index (χ2v) is 3.54. The number of nitrogens with one attached hydrogen (secondary N) is 2. The molecule has 0 aromatic carbocycles. The number of carbonyl (C=O) groups excluding carboxylic acids is 2. The zero-order valence-corrected chi connectivity index (χ0v) is 8.69. The molecule has 1 aliphatic rings. The number of nitrogens with zero attached hydrogens (tertiary/aromatic N) is 2. The maximum atomic E-state index is 11.6. The highest BCUT2D eigenvalue weighted by Gasteiger charge is 2.20. The SMILES string of the molecule is O=C=NCNC(=O)N1CCc2[nH]ccc2C1. The van der Waals surface area contributed by atoms with Crippen LogP contribution in [0.2, 0.25) is 0 Å². The van der Waals surface area contributed by atoms with Crippen LogP contribution in [0, 0.1) is 0 Å². The van der Waals surface area contributed by atoms with E-state index in [0.29, 0.717) is 13.1 Å². The highest BCUT2D eigenvalue weighted by Crippen LogP contribution is 2.16. The first-order chi connectivity index (χ1) is 7.81. The molecule has 1 aromatic rings. The third-order valence-corrected chi connectivity index (χ3v) is 2.58. The van der Waals surface area contributed by atoms with E-state index < -0.39 is 0 Å². The molecule has 0 bridgehead atoms. The molecule has 0 saturated heterocycles. The molecule has 2 amide bonds. The Morgan fingerprint density at radius 1 is 1.69 bits per heavy atom. The predicted molar refractivity (Wildman–Crippen MR) is 56.4 cm³/mol. The summed E-state index contributed by atoms with van der Waals surface area (Å²) in [4.78, 5) is 29.6. The molecule has 2 heterocycles. The van der Waals surface area contributed by atoms with Crippen LogP contribution in [-0.4, -0.2) is 35.2 Å². The number of isocyanates is 1. The summed E-state index contributed by atoms with van der Waals surface area (Å²) in [6.07, 6.45) is 4.08. The smallest absolute Gasteiger partial charge is 0.319 e. The van der Waals surface area contributed by atoms with Crippen molar-refractivity contribution >= 4 is 12.1 Å². The topological polar surface area (TPSA) is 77.6 Å². The number of rotatable bonds is 2. The van der Waals surface area contributed by atoms with Crippen LogP contribution in [0.3, 0.4) is 0 Å². The normalized spacial score (nSPS) is 13.9. The van der Waals surface area contributed by atoms with E-state index in [4.69, 9.17) is 0 Å². The van der Waals surface area contributed by atoms with Crippen molar-refractivity contribution < 1.29 is 9.59 Å². The quantitative estimate of drug-likeness (QED) is 0.558. The van der Waals surface area contributed by atoms with Crippen molar-refractivity contribution in [2.75, 3.05) is 13.2 Å². The van der Waals surface area contributed by atoms with Gasteiger partial charge in [-0.3, -0.25) is 0 Å². The van der Waals surface area contributed by atoms with E-state index in [1.165, 1.54) is 11.8 Å². The number of urea groups is 1. The van der Waals surface area contributed by atoms with Gasteiger partial charge in [-0.25, -0.2) is 9.59 Å². The zero-order valence-electron chi connectivity index (χ0n) is 8.69. The molecule has 16 heavy (non-hydrogen) atoms. The van der Waals surface area contributed by atoms with E-state index in [2.05, 4.69) is 15.3 Å². The number of aromatic nitrogens is 1. The molecule has 0 spiro atoms. The maximum Gasteiger partial charge on any atom is 0.319 e. The average Bonchev–Trinajstić information content (AvgIpc) is 2.76. The first-order valence-corrected chi connectivity index (χ1v) is 5.03. The Morgan fingerprint density at radius 2 is 2.56 bits per heavy atom. The average molecular weight is 220 g/mol. The van der Waals surface area contributed by atoms with E-state index in [-0.39, 0.29) is 12.7 Å². The van der Waals surface area contributed by atoms with Crippen molar-refractivity contribution in [3.8, 4) is 0 Å². The summed E-state index contributed by atoms with van der Waals surface area (Å²) in [6, 6.07) is 1.77. The number of carbonyl (C=O) groups is 1. The Bertz CT molecular complexity index is 434. The Balaban J connectivity index is 1.93. The van der Waals surface area contributed by atoms with Gasteiger partial charge in [-0.2, -0.15) is 4.99 Å². The van der Waals surface area contributed by atoms with Crippen molar-refractivity contribution in [1.82, 2.24) is 15.2 Å². The van der Waals surface area contributed by atoms with Crippen molar-refractivity contribution in [3.63, 3.8) is 0 Å². The highest BCUT2D eigenvalue weighted by atomic mass is 16.2. The fraction of sp³-hybridized carbons (Fsp3) is 0.400. The summed E-state index contributed by atoms with van der Waals surface area (Å²) in [6.45, 7) is 1.25. The van der Waals surface area contributed by atoms with Gasteiger partial charge in [-0.05, 0) is 11.6 Å². The number of H-pyrrole nitrogens is 1. The van der Waals surface area contributed by atoms with E-state index >= 15 is 0 Å². The van der Waals surface area contributed by atoms with Crippen LogP contribution in [0.25, 0.3) is 0 Å². The molecule has 2 N–H and O–H groups in total. The fourth-order valence-corrected chi connectivity index (χ4v) is 1.77. The number of amides is 2. The Labute approximate surface area is 92.4 Å². The standard InChI is InChI=1S/C10H12N4O2/c15-7-11-6-13-10(16)14-4-2-9-8(5-14)1-3-12-9/h1,3,12H,2,4-6H2,(H,13,16). The third-order valence-electron chi connectivity index (χ3n) is 2.58. The van der Waals surface area contributed by atoms with Crippen molar-refractivity contribution in [2.24, 2.45) is 4.99 Å². The monoisotopic (exact) mass is 220 g/mol. The molecule has 0 aliphatic carbocycles.